The maximum Gasteiger partial charge on any atom is 0.101 e. The summed E-state index contributed by atoms with van der Waals surface area (Å²) in [5, 5.41) is 3.63. The highest BCUT2D eigenvalue weighted by atomic mass is 16.5. The average Bonchev–Trinajstić information content (AvgIpc) is 1.94. The predicted octanol–water partition coefficient (Wildman–Crippen LogP) is 2.85. The van der Waals surface area contributed by atoms with Crippen molar-refractivity contribution < 1.29 is 4.74 Å². The fourth-order valence-corrected chi connectivity index (χ4v) is 2.51. The standard InChI is InChI=1S/C12H23NO/c1-6-7-14-10-8-11(2,3)13-12(4,5)9-10/h6-7,10,13H,8-9H2,1-5H3. The van der Waals surface area contributed by atoms with E-state index in [1.54, 1.807) is 0 Å². The molecule has 0 spiro atoms. The van der Waals surface area contributed by atoms with E-state index in [9.17, 15) is 0 Å². The number of allylic oxidation sites excluding steroid dienone is 1. The number of hydrogen-bond donors (Lipinski definition) is 1. The van der Waals surface area contributed by atoms with Crippen LogP contribution < -0.4 is 5.32 Å². The monoisotopic (exact) mass is 197 g/mol. The van der Waals surface area contributed by atoms with Gasteiger partial charge in [0, 0.05) is 23.9 Å². The van der Waals surface area contributed by atoms with Gasteiger partial charge in [-0.05, 0) is 34.6 Å². The van der Waals surface area contributed by atoms with Gasteiger partial charge in [0.05, 0.1) is 6.26 Å². The molecule has 1 heterocycles. The van der Waals surface area contributed by atoms with Crippen LogP contribution in [0.3, 0.4) is 0 Å². The molecule has 82 valence electrons. The van der Waals surface area contributed by atoms with E-state index >= 15 is 0 Å². The molecule has 0 saturated carbocycles. The van der Waals surface area contributed by atoms with Crippen LogP contribution in [0.25, 0.3) is 0 Å². The first-order valence-electron chi connectivity index (χ1n) is 5.41. The van der Waals surface area contributed by atoms with Gasteiger partial charge in [-0.15, -0.1) is 0 Å². The first-order chi connectivity index (χ1) is 6.35. The molecule has 0 unspecified atom stereocenters. The Morgan fingerprint density at radius 3 is 2.07 bits per heavy atom. The molecule has 1 N–H and O–H groups in total. The number of nitrogens with one attached hydrogen (secondary N) is 1. The minimum atomic E-state index is 0.175. The lowest BCUT2D eigenvalue weighted by atomic mass is 9.81. The molecule has 0 aliphatic carbocycles. The summed E-state index contributed by atoms with van der Waals surface area (Å²) in [7, 11) is 0. The summed E-state index contributed by atoms with van der Waals surface area (Å²) in [6.45, 7) is 10.9. The minimum absolute atomic E-state index is 0.175. The maximum absolute atomic E-state index is 5.68. The van der Waals surface area contributed by atoms with Crippen molar-refractivity contribution in [2.75, 3.05) is 0 Å². The molecular weight excluding hydrogens is 174 g/mol. The molecule has 14 heavy (non-hydrogen) atoms. The fraction of sp³-hybridized carbons (Fsp3) is 0.833. The molecular formula is C12H23NO. The van der Waals surface area contributed by atoms with Crippen LogP contribution in [0.1, 0.15) is 47.5 Å². The van der Waals surface area contributed by atoms with Crippen molar-refractivity contribution in [1.82, 2.24) is 5.32 Å². The molecule has 0 aromatic rings. The quantitative estimate of drug-likeness (QED) is 0.687. The molecule has 0 atom stereocenters. The largest absolute Gasteiger partial charge is 0.498 e. The first kappa shape index (κ1) is 11.6. The van der Waals surface area contributed by atoms with Gasteiger partial charge >= 0.3 is 0 Å². The maximum atomic E-state index is 5.68. The van der Waals surface area contributed by atoms with Gasteiger partial charge in [0.15, 0.2) is 0 Å². The second-order valence-corrected chi connectivity index (χ2v) is 5.53. The van der Waals surface area contributed by atoms with Crippen LogP contribution in [0, 0.1) is 0 Å². The summed E-state index contributed by atoms with van der Waals surface area (Å²) >= 11 is 0. The smallest absolute Gasteiger partial charge is 0.101 e. The second kappa shape index (κ2) is 3.93. The highest BCUT2D eigenvalue weighted by molar-refractivity contribution is 4.98. The zero-order valence-corrected chi connectivity index (χ0v) is 10.1. The summed E-state index contributed by atoms with van der Waals surface area (Å²) < 4.78 is 5.68. The van der Waals surface area contributed by atoms with Gasteiger partial charge in [0.1, 0.15) is 6.10 Å². The Hall–Kier alpha value is -0.500. The molecule has 2 nitrogen and oxygen atoms in total. The van der Waals surface area contributed by atoms with Crippen LogP contribution in [0.15, 0.2) is 12.3 Å². The average molecular weight is 197 g/mol. The third kappa shape index (κ3) is 3.33. The van der Waals surface area contributed by atoms with E-state index in [2.05, 4.69) is 33.0 Å². The molecule has 0 radical (unpaired) electrons. The Balaban J connectivity index is 2.62. The summed E-state index contributed by atoms with van der Waals surface area (Å²) in [5.41, 5.74) is 0.349. The van der Waals surface area contributed by atoms with Crippen molar-refractivity contribution in [1.29, 1.82) is 0 Å². The SMILES string of the molecule is CC=COC1CC(C)(C)NC(C)(C)C1. The highest BCUT2D eigenvalue weighted by Crippen LogP contribution is 2.30. The first-order valence-corrected chi connectivity index (χ1v) is 5.41. The molecule has 0 aromatic carbocycles. The van der Waals surface area contributed by atoms with Gasteiger partial charge < -0.3 is 10.1 Å². The van der Waals surface area contributed by atoms with E-state index in [0.29, 0.717) is 6.10 Å². The molecule has 0 aromatic heterocycles. The van der Waals surface area contributed by atoms with Gasteiger partial charge in [0.2, 0.25) is 0 Å². The second-order valence-electron chi connectivity index (χ2n) is 5.53. The minimum Gasteiger partial charge on any atom is -0.498 e. The number of ether oxygens (including phenoxy) is 1. The molecule has 2 heteroatoms. The fourth-order valence-electron chi connectivity index (χ4n) is 2.51. The van der Waals surface area contributed by atoms with E-state index < -0.39 is 0 Å². The van der Waals surface area contributed by atoms with Gasteiger partial charge in [-0.2, -0.15) is 0 Å². The highest BCUT2D eigenvalue weighted by Gasteiger charge is 2.38. The van der Waals surface area contributed by atoms with Crippen molar-refractivity contribution >= 4 is 0 Å². The summed E-state index contributed by atoms with van der Waals surface area (Å²) in [4.78, 5) is 0. The third-order valence-electron chi connectivity index (χ3n) is 2.56. The van der Waals surface area contributed by atoms with Crippen LogP contribution in [0.4, 0.5) is 0 Å². The zero-order valence-electron chi connectivity index (χ0n) is 10.1. The number of rotatable bonds is 2. The molecule has 0 bridgehead atoms. The Bertz CT molecular complexity index is 202. The molecule has 0 amide bonds. The van der Waals surface area contributed by atoms with Gasteiger partial charge in [-0.3, -0.25) is 0 Å². The zero-order chi connectivity index (χ0) is 10.8. The molecule has 1 aliphatic rings. The molecule has 1 saturated heterocycles. The summed E-state index contributed by atoms with van der Waals surface area (Å²) in [6, 6.07) is 0. The lowest BCUT2D eigenvalue weighted by molar-refractivity contribution is 0.0275. The van der Waals surface area contributed by atoms with Crippen molar-refractivity contribution in [2.45, 2.75) is 64.6 Å². The Morgan fingerprint density at radius 2 is 1.64 bits per heavy atom. The topological polar surface area (TPSA) is 21.3 Å². The van der Waals surface area contributed by atoms with Gasteiger partial charge in [-0.25, -0.2) is 0 Å². The number of hydrogen-bond acceptors (Lipinski definition) is 2. The van der Waals surface area contributed by atoms with Crippen molar-refractivity contribution in [3.05, 3.63) is 12.3 Å². The van der Waals surface area contributed by atoms with Crippen molar-refractivity contribution in [3.63, 3.8) is 0 Å². The van der Waals surface area contributed by atoms with E-state index in [-0.39, 0.29) is 11.1 Å². The van der Waals surface area contributed by atoms with E-state index in [1.165, 1.54) is 0 Å². The van der Waals surface area contributed by atoms with Crippen LogP contribution >= 0.6 is 0 Å². The molecule has 1 rings (SSSR count). The van der Waals surface area contributed by atoms with E-state index in [0.717, 1.165) is 12.8 Å². The Morgan fingerprint density at radius 1 is 1.14 bits per heavy atom. The van der Waals surface area contributed by atoms with Gasteiger partial charge in [0.25, 0.3) is 0 Å². The van der Waals surface area contributed by atoms with Crippen molar-refractivity contribution in [3.8, 4) is 0 Å². The lowest BCUT2D eigenvalue weighted by Gasteiger charge is -2.45. The predicted molar refractivity (Wildman–Crippen MR) is 60.2 cm³/mol. The number of piperidine rings is 1. The molecule has 1 fully saturated rings. The van der Waals surface area contributed by atoms with Gasteiger partial charge in [-0.1, -0.05) is 6.08 Å². The van der Waals surface area contributed by atoms with E-state index in [4.69, 9.17) is 4.74 Å². The summed E-state index contributed by atoms with van der Waals surface area (Å²) in [5.74, 6) is 0. The van der Waals surface area contributed by atoms with Crippen LogP contribution in [0.5, 0.6) is 0 Å². The Labute approximate surface area is 87.7 Å². The third-order valence-corrected chi connectivity index (χ3v) is 2.56. The van der Waals surface area contributed by atoms with E-state index in [1.807, 2.05) is 19.3 Å². The Kier molecular flexibility index (Phi) is 3.25. The summed E-state index contributed by atoms with van der Waals surface area (Å²) in [6.07, 6.45) is 6.24. The molecule has 1 aliphatic heterocycles. The van der Waals surface area contributed by atoms with Crippen LogP contribution in [-0.2, 0) is 4.74 Å². The normalized spacial score (nSPS) is 26.6. The van der Waals surface area contributed by atoms with Crippen LogP contribution in [-0.4, -0.2) is 17.2 Å². The lowest BCUT2D eigenvalue weighted by Crippen LogP contribution is -2.59. The van der Waals surface area contributed by atoms with Crippen molar-refractivity contribution in [2.24, 2.45) is 0 Å². The van der Waals surface area contributed by atoms with Crippen LogP contribution in [0.2, 0.25) is 0 Å².